The van der Waals surface area contributed by atoms with Crippen LogP contribution in [0.3, 0.4) is 0 Å². The number of nitrogens with two attached hydrogens (primary N) is 1. The second-order valence-electron chi connectivity index (χ2n) is 6.56. The van der Waals surface area contributed by atoms with Crippen molar-refractivity contribution in [2.75, 3.05) is 7.05 Å². The molecule has 23 heavy (non-hydrogen) atoms. The molecule has 2 amide bonds. The minimum absolute atomic E-state index is 0.0728. The third kappa shape index (κ3) is 3.55. The summed E-state index contributed by atoms with van der Waals surface area (Å²) >= 11 is 1.55. The summed E-state index contributed by atoms with van der Waals surface area (Å²) in [5.74, 6) is -0.157. The maximum Gasteiger partial charge on any atom is 0.239 e. The summed E-state index contributed by atoms with van der Waals surface area (Å²) in [6, 6.07) is 4.58. The third-order valence-corrected chi connectivity index (χ3v) is 5.86. The highest BCUT2D eigenvalue weighted by Crippen LogP contribution is 2.42. The van der Waals surface area contributed by atoms with E-state index in [1.54, 1.807) is 16.3 Å². The van der Waals surface area contributed by atoms with Crippen LogP contribution in [0, 0.1) is 0 Å². The van der Waals surface area contributed by atoms with Crippen molar-refractivity contribution in [2.24, 2.45) is 5.73 Å². The van der Waals surface area contributed by atoms with Crippen molar-refractivity contribution < 1.29 is 9.59 Å². The molecule has 2 aliphatic rings. The predicted octanol–water partition coefficient (Wildman–Crippen LogP) is 3.17. The molecule has 1 heterocycles. The normalized spacial score (nSPS) is 20.1. The quantitative estimate of drug-likeness (QED) is 0.665. The third-order valence-electron chi connectivity index (χ3n) is 4.86. The fourth-order valence-corrected chi connectivity index (χ4v) is 4.62. The number of benzene rings is 1. The number of nitrogens with zero attached hydrogens (tertiary/aromatic N) is 1. The minimum atomic E-state index is -0.262. The van der Waals surface area contributed by atoms with E-state index in [-0.39, 0.29) is 17.7 Å². The minimum Gasteiger partial charge on any atom is -0.370 e. The second-order valence-corrected chi connectivity index (χ2v) is 7.73. The van der Waals surface area contributed by atoms with Crippen LogP contribution in [0.4, 0.5) is 0 Å². The number of hydrogen-bond acceptors (Lipinski definition) is 3. The van der Waals surface area contributed by atoms with Gasteiger partial charge in [0.2, 0.25) is 11.8 Å². The number of carbonyl (C=O) groups is 2. The van der Waals surface area contributed by atoms with E-state index in [4.69, 9.17) is 5.73 Å². The number of carbonyl (C=O) groups excluding carboxylic acids is 2. The molecule has 1 atom stereocenters. The molecule has 0 saturated carbocycles. The lowest BCUT2D eigenvalue weighted by molar-refractivity contribution is -0.127. The van der Waals surface area contributed by atoms with E-state index in [2.05, 4.69) is 12.1 Å². The zero-order valence-electron chi connectivity index (χ0n) is 13.6. The van der Waals surface area contributed by atoms with Crippen molar-refractivity contribution in [3.8, 4) is 0 Å². The SMILES string of the molecule is CN1Sc2cc3c(cc2C(CCCCC(N)=O)C1=O)CCCC3. The Morgan fingerprint density at radius 1 is 1.26 bits per heavy atom. The first-order valence-electron chi connectivity index (χ1n) is 8.46. The summed E-state index contributed by atoms with van der Waals surface area (Å²) in [5, 5.41) is 0. The molecule has 1 aromatic carbocycles. The monoisotopic (exact) mass is 332 g/mol. The van der Waals surface area contributed by atoms with Crippen LogP contribution in [0.5, 0.6) is 0 Å². The summed E-state index contributed by atoms with van der Waals surface area (Å²) in [6.07, 6.45) is 7.61. The van der Waals surface area contributed by atoms with E-state index in [9.17, 15) is 9.59 Å². The van der Waals surface area contributed by atoms with Gasteiger partial charge in [-0.1, -0.05) is 12.5 Å². The lowest BCUT2D eigenvalue weighted by Crippen LogP contribution is -2.31. The first kappa shape index (κ1) is 16.4. The van der Waals surface area contributed by atoms with Crippen molar-refractivity contribution in [1.82, 2.24) is 4.31 Å². The van der Waals surface area contributed by atoms with Gasteiger partial charge in [-0.25, -0.2) is 0 Å². The molecule has 2 N–H and O–H groups in total. The molecule has 1 aliphatic heterocycles. The maximum absolute atomic E-state index is 12.6. The van der Waals surface area contributed by atoms with Gasteiger partial charge < -0.3 is 5.73 Å². The first-order chi connectivity index (χ1) is 11.1. The molecular formula is C18H24N2O2S. The Balaban J connectivity index is 1.82. The molecule has 0 bridgehead atoms. The number of aryl methyl sites for hydroxylation is 2. The highest BCUT2D eigenvalue weighted by Gasteiger charge is 2.32. The second kappa shape index (κ2) is 6.95. The van der Waals surface area contributed by atoms with Crippen LogP contribution in [-0.4, -0.2) is 23.2 Å². The molecule has 0 saturated heterocycles. The van der Waals surface area contributed by atoms with E-state index in [1.165, 1.54) is 34.4 Å². The topological polar surface area (TPSA) is 63.4 Å². The van der Waals surface area contributed by atoms with Gasteiger partial charge in [-0.15, -0.1) is 0 Å². The summed E-state index contributed by atoms with van der Waals surface area (Å²) in [7, 11) is 1.85. The van der Waals surface area contributed by atoms with E-state index >= 15 is 0 Å². The Kier molecular flexibility index (Phi) is 4.95. The smallest absolute Gasteiger partial charge is 0.239 e. The van der Waals surface area contributed by atoms with E-state index < -0.39 is 0 Å². The molecule has 5 heteroatoms. The molecular weight excluding hydrogens is 308 g/mol. The predicted molar refractivity (Wildman–Crippen MR) is 92.1 cm³/mol. The fraction of sp³-hybridized carbons (Fsp3) is 0.556. The average molecular weight is 332 g/mol. The van der Waals surface area contributed by atoms with Gasteiger partial charge in [0.1, 0.15) is 0 Å². The lowest BCUT2D eigenvalue weighted by atomic mass is 9.85. The number of likely N-dealkylation sites (N-methyl/N-ethyl adjacent to an activating group) is 1. The van der Waals surface area contributed by atoms with Gasteiger partial charge in [0.15, 0.2) is 0 Å². The van der Waals surface area contributed by atoms with Crippen LogP contribution >= 0.6 is 11.9 Å². The summed E-state index contributed by atoms with van der Waals surface area (Å²) < 4.78 is 1.76. The van der Waals surface area contributed by atoms with Crippen LogP contribution in [0.15, 0.2) is 17.0 Å². The van der Waals surface area contributed by atoms with E-state index in [0.717, 1.165) is 32.1 Å². The zero-order valence-corrected chi connectivity index (χ0v) is 14.5. The van der Waals surface area contributed by atoms with Crippen molar-refractivity contribution in [2.45, 2.75) is 62.2 Å². The molecule has 3 rings (SSSR count). The summed E-state index contributed by atoms with van der Waals surface area (Å²) in [4.78, 5) is 24.7. The number of unbranched alkanes of at least 4 members (excludes halogenated alkanes) is 1. The highest BCUT2D eigenvalue weighted by atomic mass is 32.2. The Hall–Kier alpha value is -1.49. The van der Waals surface area contributed by atoms with Crippen molar-refractivity contribution in [1.29, 1.82) is 0 Å². The molecule has 0 radical (unpaired) electrons. The van der Waals surface area contributed by atoms with Crippen molar-refractivity contribution in [3.05, 3.63) is 28.8 Å². The van der Waals surface area contributed by atoms with Crippen LogP contribution in [0.2, 0.25) is 0 Å². The van der Waals surface area contributed by atoms with Crippen molar-refractivity contribution >= 4 is 23.8 Å². The number of fused-ring (bicyclic) bond motifs is 2. The Labute approximate surface area is 141 Å². The van der Waals surface area contributed by atoms with Gasteiger partial charge in [0, 0.05) is 18.4 Å². The van der Waals surface area contributed by atoms with Gasteiger partial charge in [0.05, 0.1) is 5.92 Å². The molecule has 1 aromatic rings. The Morgan fingerprint density at radius 2 is 1.96 bits per heavy atom. The van der Waals surface area contributed by atoms with E-state index in [1.807, 2.05) is 7.05 Å². The van der Waals surface area contributed by atoms with Gasteiger partial charge in [0.25, 0.3) is 0 Å². The largest absolute Gasteiger partial charge is 0.370 e. The maximum atomic E-state index is 12.6. The molecule has 0 fully saturated rings. The highest BCUT2D eigenvalue weighted by molar-refractivity contribution is 7.97. The fourth-order valence-electron chi connectivity index (χ4n) is 3.61. The zero-order chi connectivity index (χ0) is 16.4. The molecule has 1 unspecified atom stereocenters. The molecule has 4 nitrogen and oxygen atoms in total. The Bertz CT molecular complexity index is 630. The van der Waals surface area contributed by atoms with Gasteiger partial charge in [-0.3, -0.25) is 13.9 Å². The molecule has 0 aromatic heterocycles. The van der Waals surface area contributed by atoms with Crippen molar-refractivity contribution in [3.63, 3.8) is 0 Å². The Morgan fingerprint density at radius 3 is 2.65 bits per heavy atom. The lowest BCUT2D eigenvalue weighted by Gasteiger charge is -2.32. The number of primary amides is 1. The van der Waals surface area contributed by atoms with Crippen LogP contribution in [0.25, 0.3) is 0 Å². The van der Waals surface area contributed by atoms with Crippen LogP contribution in [0.1, 0.15) is 61.1 Å². The number of amides is 2. The molecule has 0 spiro atoms. The van der Waals surface area contributed by atoms with Crippen LogP contribution < -0.4 is 5.73 Å². The number of hydrogen-bond donors (Lipinski definition) is 1. The van der Waals surface area contributed by atoms with E-state index in [0.29, 0.717) is 6.42 Å². The standard InChI is InChI=1S/C18H24N2O2S/c1-20-18(22)14(8-4-5-9-17(19)21)15-10-12-6-2-3-7-13(12)11-16(15)23-20/h10-11,14H,2-9H2,1H3,(H2,19,21). The molecule has 124 valence electrons. The van der Waals surface area contributed by atoms with Gasteiger partial charge in [-0.05, 0) is 73.2 Å². The van der Waals surface area contributed by atoms with Crippen LogP contribution in [-0.2, 0) is 22.4 Å². The summed E-state index contributed by atoms with van der Waals surface area (Å²) in [6.45, 7) is 0. The van der Waals surface area contributed by atoms with Gasteiger partial charge in [-0.2, -0.15) is 0 Å². The summed E-state index contributed by atoms with van der Waals surface area (Å²) in [5.41, 5.74) is 9.27. The molecule has 1 aliphatic carbocycles. The van der Waals surface area contributed by atoms with Gasteiger partial charge >= 0.3 is 0 Å². The first-order valence-corrected chi connectivity index (χ1v) is 9.23. The average Bonchev–Trinajstić information content (AvgIpc) is 2.53. The number of rotatable bonds is 5.